The minimum atomic E-state index is 0.0154. The molecule has 1 N–H and O–H groups in total. The van der Waals surface area contributed by atoms with Gasteiger partial charge in [0.05, 0.1) is 4.47 Å². The van der Waals surface area contributed by atoms with Crippen LogP contribution in [0.2, 0.25) is 0 Å². The molecule has 5 heteroatoms. The van der Waals surface area contributed by atoms with E-state index in [0.29, 0.717) is 12.3 Å². The summed E-state index contributed by atoms with van der Waals surface area (Å²) in [6.45, 7) is 1.41. The number of amides is 1. The predicted octanol–water partition coefficient (Wildman–Crippen LogP) is 3.89. The minimum absolute atomic E-state index is 0.0154. The van der Waals surface area contributed by atoms with Crippen molar-refractivity contribution in [3.63, 3.8) is 0 Å². The Kier molecular flexibility index (Phi) is 4.02. The van der Waals surface area contributed by atoms with Gasteiger partial charge in [-0.25, -0.2) is 0 Å². The Bertz CT molecular complexity index is 903. The Labute approximate surface area is 148 Å². The topological polar surface area (TPSA) is 45.3 Å². The maximum Gasteiger partial charge on any atom is 0.260 e. The third-order valence-corrected chi connectivity index (χ3v) is 5.08. The number of carbonyl (C=O) groups is 1. The molecule has 1 aliphatic rings. The van der Waals surface area contributed by atoms with Crippen LogP contribution in [0, 0.1) is 0 Å². The maximum atomic E-state index is 12.5. The molecule has 0 aliphatic carbocycles. The molecular weight excluding hydrogens is 368 g/mol. The molecule has 0 saturated carbocycles. The summed E-state index contributed by atoms with van der Waals surface area (Å²) in [6.07, 6.45) is 0.852. The average molecular weight is 385 g/mol. The van der Waals surface area contributed by atoms with Crippen molar-refractivity contribution in [3.05, 3.63) is 64.3 Å². The lowest BCUT2D eigenvalue weighted by molar-refractivity contribution is -0.134. The first-order chi connectivity index (χ1) is 11.7. The second-order valence-corrected chi connectivity index (χ2v) is 6.77. The van der Waals surface area contributed by atoms with E-state index in [0.717, 1.165) is 23.0 Å². The molecule has 1 aliphatic heterocycles. The van der Waals surface area contributed by atoms with Crippen molar-refractivity contribution in [2.75, 3.05) is 13.2 Å². The molecule has 0 atom stereocenters. The minimum Gasteiger partial charge on any atom is -0.483 e. The molecule has 24 heavy (non-hydrogen) atoms. The number of hydrogen-bond acceptors (Lipinski definition) is 2. The first-order valence-corrected chi connectivity index (χ1v) is 8.75. The van der Waals surface area contributed by atoms with E-state index in [-0.39, 0.29) is 12.5 Å². The zero-order chi connectivity index (χ0) is 16.5. The lowest BCUT2D eigenvalue weighted by Gasteiger charge is -2.27. The van der Waals surface area contributed by atoms with E-state index in [2.05, 4.69) is 33.0 Å². The van der Waals surface area contributed by atoms with Gasteiger partial charge in [-0.05, 0) is 34.1 Å². The van der Waals surface area contributed by atoms with E-state index in [1.54, 1.807) is 0 Å². The number of rotatable bonds is 3. The molecule has 0 spiro atoms. The van der Waals surface area contributed by atoms with Gasteiger partial charge >= 0.3 is 0 Å². The summed E-state index contributed by atoms with van der Waals surface area (Å²) >= 11 is 3.43. The van der Waals surface area contributed by atoms with Crippen molar-refractivity contribution in [2.45, 2.75) is 13.0 Å². The van der Waals surface area contributed by atoms with Gasteiger partial charge in [-0.1, -0.05) is 30.3 Å². The number of aromatic amines is 1. The van der Waals surface area contributed by atoms with E-state index in [1.165, 1.54) is 16.6 Å². The number of hydrogen-bond donors (Lipinski definition) is 1. The highest BCUT2D eigenvalue weighted by Gasteiger charge is 2.24. The number of para-hydroxylation sites is 2. The van der Waals surface area contributed by atoms with Crippen LogP contribution in [-0.4, -0.2) is 28.9 Å². The molecule has 2 aromatic carbocycles. The monoisotopic (exact) mass is 384 g/mol. The Morgan fingerprint density at radius 3 is 2.83 bits per heavy atom. The van der Waals surface area contributed by atoms with Gasteiger partial charge in [-0.2, -0.15) is 0 Å². The van der Waals surface area contributed by atoms with E-state index >= 15 is 0 Å². The number of fused-ring (bicyclic) bond motifs is 3. The molecule has 0 bridgehead atoms. The van der Waals surface area contributed by atoms with Crippen molar-refractivity contribution >= 4 is 32.7 Å². The summed E-state index contributed by atoms with van der Waals surface area (Å²) < 4.78 is 6.52. The summed E-state index contributed by atoms with van der Waals surface area (Å²) in [6, 6.07) is 15.8. The van der Waals surface area contributed by atoms with Crippen molar-refractivity contribution in [1.82, 2.24) is 9.88 Å². The Hall–Kier alpha value is -2.27. The number of halogens is 1. The SMILES string of the molecule is O=C(COc1ccccc1Br)N1CCc2[nH]c3ccccc3c2C1. The highest BCUT2D eigenvalue weighted by Crippen LogP contribution is 2.28. The van der Waals surface area contributed by atoms with Crippen molar-refractivity contribution < 1.29 is 9.53 Å². The molecule has 2 heterocycles. The number of ether oxygens (including phenoxy) is 1. The molecule has 1 aromatic heterocycles. The summed E-state index contributed by atoms with van der Waals surface area (Å²) in [5.41, 5.74) is 3.61. The van der Waals surface area contributed by atoms with Crippen LogP contribution >= 0.6 is 15.9 Å². The van der Waals surface area contributed by atoms with Crippen LogP contribution in [0.1, 0.15) is 11.3 Å². The van der Waals surface area contributed by atoms with Crippen molar-refractivity contribution in [1.29, 1.82) is 0 Å². The highest BCUT2D eigenvalue weighted by molar-refractivity contribution is 9.10. The molecule has 122 valence electrons. The van der Waals surface area contributed by atoms with Crippen LogP contribution in [0.15, 0.2) is 53.0 Å². The average Bonchev–Trinajstić information content (AvgIpc) is 2.98. The number of nitrogens with zero attached hydrogens (tertiary/aromatic N) is 1. The van der Waals surface area contributed by atoms with Crippen molar-refractivity contribution in [2.24, 2.45) is 0 Å². The van der Waals surface area contributed by atoms with Gasteiger partial charge < -0.3 is 14.6 Å². The van der Waals surface area contributed by atoms with Gasteiger partial charge in [0.1, 0.15) is 5.75 Å². The lowest BCUT2D eigenvalue weighted by atomic mass is 10.0. The van der Waals surface area contributed by atoms with Crippen LogP contribution in [-0.2, 0) is 17.8 Å². The lowest BCUT2D eigenvalue weighted by Crippen LogP contribution is -2.38. The van der Waals surface area contributed by atoms with Gasteiger partial charge in [0, 0.05) is 41.7 Å². The molecular formula is C19H17BrN2O2. The molecule has 4 rings (SSSR count). The number of carbonyl (C=O) groups excluding carboxylic acids is 1. The van der Waals surface area contributed by atoms with Crippen LogP contribution < -0.4 is 4.74 Å². The quantitative estimate of drug-likeness (QED) is 0.744. The normalized spacial score (nSPS) is 13.8. The second kappa shape index (κ2) is 6.32. The summed E-state index contributed by atoms with van der Waals surface area (Å²) in [5, 5.41) is 1.21. The fraction of sp³-hybridized carbons (Fsp3) is 0.211. The standard InChI is InChI=1S/C19H17BrN2O2/c20-15-6-2-4-8-18(15)24-12-19(23)22-10-9-17-14(11-22)13-5-1-3-7-16(13)21-17/h1-8,21H,9-12H2. The first kappa shape index (κ1) is 15.3. The third kappa shape index (κ3) is 2.80. The smallest absolute Gasteiger partial charge is 0.260 e. The Balaban J connectivity index is 1.48. The number of benzene rings is 2. The number of aromatic nitrogens is 1. The van der Waals surface area contributed by atoms with Crippen LogP contribution in [0.4, 0.5) is 0 Å². The fourth-order valence-corrected chi connectivity index (χ4v) is 3.57. The van der Waals surface area contributed by atoms with Gasteiger partial charge in [0.25, 0.3) is 5.91 Å². The second-order valence-electron chi connectivity index (χ2n) is 5.91. The fourth-order valence-electron chi connectivity index (χ4n) is 3.17. The first-order valence-electron chi connectivity index (χ1n) is 7.96. The van der Waals surface area contributed by atoms with Gasteiger partial charge in [0.15, 0.2) is 6.61 Å². The van der Waals surface area contributed by atoms with E-state index in [1.807, 2.05) is 41.3 Å². The summed E-state index contributed by atoms with van der Waals surface area (Å²) in [5.74, 6) is 0.706. The molecule has 4 nitrogen and oxygen atoms in total. The predicted molar refractivity (Wildman–Crippen MR) is 97.1 cm³/mol. The van der Waals surface area contributed by atoms with Gasteiger partial charge in [0.2, 0.25) is 0 Å². The molecule has 0 unspecified atom stereocenters. The molecule has 1 amide bonds. The zero-order valence-electron chi connectivity index (χ0n) is 13.1. The molecule has 0 radical (unpaired) electrons. The van der Waals surface area contributed by atoms with Crippen LogP contribution in [0.5, 0.6) is 5.75 Å². The van der Waals surface area contributed by atoms with Gasteiger partial charge in [-0.3, -0.25) is 4.79 Å². The van der Waals surface area contributed by atoms with Crippen LogP contribution in [0.3, 0.4) is 0 Å². The van der Waals surface area contributed by atoms with Gasteiger partial charge in [-0.15, -0.1) is 0 Å². The number of nitrogens with one attached hydrogen (secondary N) is 1. The van der Waals surface area contributed by atoms with Crippen LogP contribution in [0.25, 0.3) is 10.9 Å². The Morgan fingerprint density at radius 2 is 1.96 bits per heavy atom. The largest absolute Gasteiger partial charge is 0.483 e. The maximum absolute atomic E-state index is 12.5. The zero-order valence-corrected chi connectivity index (χ0v) is 14.7. The summed E-state index contributed by atoms with van der Waals surface area (Å²) in [4.78, 5) is 17.9. The Morgan fingerprint density at radius 1 is 1.17 bits per heavy atom. The van der Waals surface area contributed by atoms with Crippen molar-refractivity contribution in [3.8, 4) is 5.75 Å². The molecule has 0 fully saturated rings. The highest BCUT2D eigenvalue weighted by atomic mass is 79.9. The van der Waals surface area contributed by atoms with E-state index < -0.39 is 0 Å². The number of H-pyrrole nitrogens is 1. The molecule has 3 aromatic rings. The third-order valence-electron chi connectivity index (χ3n) is 4.42. The van der Waals surface area contributed by atoms with E-state index in [9.17, 15) is 4.79 Å². The molecule has 0 saturated heterocycles. The summed E-state index contributed by atoms with van der Waals surface area (Å²) in [7, 11) is 0. The van der Waals surface area contributed by atoms with E-state index in [4.69, 9.17) is 4.74 Å².